The van der Waals surface area contributed by atoms with Crippen LogP contribution in [-0.4, -0.2) is 41.1 Å². The minimum absolute atomic E-state index is 0.0762. The summed E-state index contributed by atoms with van der Waals surface area (Å²) in [6, 6.07) is 8.11. The fraction of sp³-hybridized carbons (Fsp3) is 0.611. The van der Waals surface area contributed by atoms with Gasteiger partial charge in [-0.05, 0) is 61.8 Å². The molecule has 1 heterocycles. The van der Waals surface area contributed by atoms with Gasteiger partial charge in [0.25, 0.3) is 5.91 Å². The van der Waals surface area contributed by atoms with Gasteiger partial charge in [-0.2, -0.15) is 0 Å². The maximum atomic E-state index is 12.8. The smallest absolute Gasteiger partial charge is 0.254 e. The van der Waals surface area contributed by atoms with Crippen LogP contribution in [0.5, 0.6) is 0 Å². The summed E-state index contributed by atoms with van der Waals surface area (Å²) in [7, 11) is 0. The highest BCUT2D eigenvalue weighted by atomic mass is 16.3. The zero-order valence-corrected chi connectivity index (χ0v) is 13.3. The molecule has 2 fully saturated rings. The number of aliphatic hydroxyl groups is 1. The molecule has 0 spiro atoms. The number of carbonyl (C=O) groups excluding carboxylic acids is 1. The van der Waals surface area contributed by atoms with Crippen molar-refractivity contribution in [2.75, 3.05) is 13.1 Å². The summed E-state index contributed by atoms with van der Waals surface area (Å²) in [5.74, 6) is 0.129. The molecule has 1 aliphatic carbocycles. The van der Waals surface area contributed by atoms with E-state index in [0.29, 0.717) is 6.54 Å². The molecular weight excluding hydrogens is 276 g/mol. The molecule has 1 amide bonds. The van der Waals surface area contributed by atoms with E-state index >= 15 is 0 Å². The number of rotatable bonds is 3. The molecule has 0 aromatic heterocycles. The Labute approximate surface area is 132 Å². The van der Waals surface area contributed by atoms with Crippen molar-refractivity contribution in [3.8, 4) is 0 Å². The second kappa shape index (κ2) is 6.01. The van der Waals surface area contributed by atoms with Crippen molar-refractivity contribution in [3.05, 3.63) is 35.4 Å². The van der Waals surface area contributed by atoms with Crippen LogP contribution in [-0.2, 0) is 6.42 Å². The summed E-state index contributed by atoms with van der Waals surface area (Å²) in [5, 5.41) is 9.93. The summed E-state index contributed by atoms with van der Waals surface area (Å²) in [5.41, 5.74) is 7.57. The van der Waals surface area contributed by atoms with E-state index in [-0.39, 0.29) is 23.5 Å². The van der Waals surface area contributed by atoms with Crippen LogP contribution in [0.15, 0.2) is 24.3 Å². The second-order valence-corrected chi connectivity index (χ2v) is 7.09. The third-order valence-corrected chi connectivity index (χ3v) is 5.47. The van der Waals surface area contributed by atoms with Crippen molar-refractivity contribution in [2.24, 2.45) is 11.1 Å². The monoisotopic (exact) mass is 302 g/mol. The number of carbonyl (C=O) groups is 1. The van der Waals surface area contributed by atoms with E-state index in [2.05, 4.69) is 6.92 Å². The third kappa shape index (κ3) is 2.77. The lowest BCUT2D eigenvalue weighted by Crippen LogP contribution is -2.46. The Bertz CT molecular complexity index is 543. The van der Waals surface area contributed by atoms with E-state index in [1.165, 1.54) is 5.56 Å². The molecule has 1 aromatic carbocycles. The van der Waals surface area contributed by atoms with Gasteiger partial charge >= 0.3 is 0 Å². The Hall–Kier alpha value is -1.39. The van der Waals surface area contributed by atoms with E-state index in [1.807, 2.05) is 29.2 Å². The lowest BCUT2D eigenvalue weighted by atomic mass is 9.71. The van der Waals surface area contributed by atoms with E-state index in [9.17, 15) is 9.90 Å². The zero-order chi connectivity index (χ0) is 15.7. The van der Waals surface area contributed by atoms with Crippen molar-refractivity contribution in [3.63, 3.8) is 0 Å². The molecule has 22 heavy (non-hydrogen) atoms. The van der Waals surface area contributed by atoms with Crippen LogP contribution < -0.4 is 5.73 Å². The SMILES string of the molecule is C[C@@]12CCN(C(=O)c3ccc(CCN)cc3)[C@@H]1CC[C@@H](O)C2. The Morgan fingerprint density at radius 2 is 2.09 bits per heavy atom. The fourth-order valence-corrected chi connectivity index (χ4v) is 4.20. The van der Waals surface area contributed by atoms with Crippen LogP contribution in [0, 0.1) is 5.41 Å². The number of fused-ring (bicyclic) bond motifs is 1. The predicted molar refractivity (Wildman–Crippen MR) is 86.6 cm³/mol. The molecule has 0 bridgehead atoms. The van der Waals surface area contributed by atoms with Crippen molar-refractivity contribution in [1.29, 1.82) is 0 Å². The van der Waals surface area contributed by atoms with Gasteiger partial charge in [0.1, 0.15) is 0 Å². The Morgan fingerprint density at radius 1 is 1.36 bits per heavy atom. The number of amides is 1. The quantitative estimate of drug-likeness (QED) is 0.897. The molecule has 4 heteroatoms. The lowest BCUT2D eigenvalue weighted by Gasteiger charge is -2.41. The number of aliphatic hydroxyl groups excluding tert-OH is 1. The largest absolute Gasteiger partial charge is 0.393 e. The van der Waals surface area contributed by atoms with Gasteiger partial charge in [-0.1, -0.05) is 19.1 Å². The first-order valence-electron chi connectivity index (χ1n) is 8.31. The number of benzene rings is 1. The van der Waals surface area contributed by atoms with Gasteiger partial charge in [-0.15, -0.1) is 0 Å². The van der Waals surface area contributed by atoms with Crippen LogP contribution in [0.4, 0.5) is 0 Å². The highest BCUT2D eigenvalue weighted by Gasteiger charge is 2.48. The first-order chi connectivity index (χ1) is 10.5. The molecule has 1 aliphatic heterocycles. The minimum Gasteiger partial charge on any atom is -0.393 e. The standard InChI is InChI=1S/C18H26N2O2/c1-18-9-11-20(16(18)7-6-15(21)12-18)17(22)14-4-2-13(3-5-14)8-10-19/h2-5,15-16,21H,6-12,19H2,1H3/t15-,16-,18+/m1/s1. The van der Waals surface area contributed by atoms with Crippen molar-refractivity contribution >= 4 is 5.91 Å². The molecule has 1 saturated carbocycles. The summed E-state index contributed by atoms with van der Waals surface area (Å²) in [6.07, 6.45) is 4.17. The summed E-state index contributed by atoms with van der Waals surface area (Å²) in [6.45, 7) is 3.65. The lowest BCUT2D eigenvalue weighted by molar-refractivity contribution is 0.0211. The maximum Gasteiger partial charge on any atom is 0.254 e. The maximum absolute atomic E-state index is 12.8. The molecule has 3 N–H and O–H groups in total. The van der Waals surface area contributed by atoms with Crippen molar-refractivity contribution in [1.82, 2.24) is 4.90 Å². The summed E-state index contributed by atoms with van der Waals surface area (Å²) in [4.78, 5) is 14.9. The van der Waals surface area contributed by atoms with Gasteiger partial charge in [-0.25, -0.2) is 0 Å². The minimum atomic E-state index is -0.202. The van der Waals surface area contributed by atoms with Crippen LogP contribution in [0.1, 0.15) is 48.5 Å². The molecule has 1 aromatic rings. The van der Waals surface area contributed by atoms with E-state index in [0.717, 1.165) is 44.2 Å². The van der Waals surface area contributed by atoms with Gasteiger partial charge < -0.3 is 15.7 Å². The highest BCUT2D eigenvalue weighted by Crippen LogP contribution is 2.46. The van der Waals surface area contributed by atoms with Gasteiger partial charge in [0.2, 0.25) is 0 Å². The molecule has 1 saturated heterocycles. The first kappa shape index (κ1) is 15.5. The molecule has 3 atom stereocenters. The molecule has 3 rings (SSSR count). The van der Waals surface area contributed by atoms with Crippen LogP contribution in [0.2, 0.25) is 0 Å². The molecule has 2 aliphatic rings. The topological polar surface area (TPSA) is 66.6 Å². The van der Waals surface area contributed by atoms with E-state index in [4.69, 9.17) is 5.73 Å². The fourth-order valence-electron chi connectivity index (χ4n) is 4.20. The Kier molecular flexibility index (Phi) is 4.24. The first-order valence-corrected chi connectivity index (χ1v) is 8.31. The number of hydrogen-bond donors (Lipinski definition) is 2. The Morgan fingerprint density at radius 3 is 2.77 bits per heavy atom. The zero-order valence-electron chi connectivity index (χ0n) is 13.3. The third-order valence-electron chi connectivity index (χ3n) is 5.47. The number of likely N-dealkylation sites (tertiary alicyclic amines) is 1. The molecule has 0 radical (unpaired) electrons. The number of nitrogens with two attached hydrogens (primary N) is 1. The van der Waals surface area contributed by atoms with Crippen molar-refractivity contribution in [2.45, 2.75) is 51.2 Å². The molecule has 120 valence electrons. The van der Waals surface area contributed by atoms with Crippen LogP contribution in [0.25, 0.3) is 0 Å². The summed E-state index contributed by atoms with van der Waals surface area (Å²) >= 11 is 0. The molecule has 0 unspecified atom stereocenters. The van der Waals surface area contributed by atoms with Gasteiger partial charge in [-0.3, -0.25) is 4.79 Å². The average Bonchev–Trinajstić information content (AvgIpc) is 2.84. The summed E-state index contributed by atoms with van der Waals surface area (Å²) < 4.78 is 0. The number of nitrogens with zero attached hydrogens (tertiary/aromatic N) is 1. The van der Waals surface area contributed by atoms with Gasteiger partial charge in [0, 0.05) is 18.2 Å². The second-order valence-electron chi connectivity index (χ2n) is 7.09. The molecular formula is C18H26N2O2. The van der Waals surface area contributed by atoms with Crippen molar-refractivity contribution < 1.29 is 9.90 Å². The van der Waals surface area contributed by atoms with Crippen LogP contribution >= 0.6 is 0 Å². The normalized spacial score (nSPS) is 31.1. The van der Waals surface area contributed by atoms with E-state index < -0.39 is 0 Å². The average molecular weight is 302 g/mol. The van der Waals surface area contributed by atoms with E-state index in [1.54, 1.807) is 0 Å². The van der Waals surface area contributed by atoms with Gasteiger partial charge in [0.15, 0.2) is 0 Å². The Balaban J connectivity index is 1.75. The highest BCUT2D eigenvalue weighted by molar-refractivity contribution is 5.94. The predicted octanol–water partition coefficient (Wildman–Crippen LogP) is 1.95. The van der Waals surface area contributed by atoms with Crippen LogP contribution in [0.3, 0.4) is 0 Å². The molecule has 4 nitrogen and oxygen atoms in total. The number of hydrogen-bond acceptors (Lipinski definition) is 3. The van der Waals surface area contributed by atoms with Gasteiger partial charge in [0.05, 0.1) is 6.10 Å².